The number of fused-ring (bicyclic) bond motifs is 10. The molecule has 15 heteroatoms. The Morgan fingerprint density at radius 3 is 2.17 bits per heavy atom. The van der Waals surface area contributed by atoms with Gasteiger partial charge in [0.05, 0.1) is 31.2 Å². The van der Waals surface area contributed by atoms with Gasteiger partial charge in [0.25, 0.3) is 0 Å². The number of carbonyl (C=O) groups is 5. The van der Waals surface area contributed by atoms with E-state index in [1.165, 1.54) is 12.2 Å². The zero-order valence-corrected chi connectivity index (χ0v) is 37.5. The van der Waals surface area contributed by atoms with E-state index in [9.17, 15) is 49.5 Å². The first-order valence-corrected chi connectivity index (χ1v) is 23.2. The van der Waals surface area contributed by atoms with Crippen molar-refractivity contribution in [1.82, 2.24) is 0 Å². The lowest BCUT2D eigenvalue weighted by Gasteiger charge is -2.63. The summed E-state index contributed by atoms with van der Waals surface area (Å²) in [6.45, 7) is 7.55. The Morgan fingerprint density at radius 1 is 0.797 bits per heavy atom. The van der Waals surface area contributed by atoms with E-state index in [0.717, 1.165) is 24.8 Å². The molecule has 0 aliphatic heterocycles. The number of halogens is 1. The monoisotopic (exact) mass is 896 g/mol. The second kappa shape index (κ2) is 16.5. The molecule has 6 fully saturated rings. The molecule has 0 bridgehead atoms. The van der Waals surface area contributed by atoms with Crippen LogP contribution in [0.5, 0.6) is 0 Å². The van der Waals surface area contributed by atoms with Crippen molar-refractivity contribution in [3.8, 4) is 0 Å². The van der Waals surface area contributed by atoms with Gasteiger partial charge < -0.3 is 44.5 Å². The number of allylic oxidation sites excluding steroid dienone is 8. The first kappa shape index (κ1) is 46.8. The number of alkyl halides is 1. The lowest BCUT2D eigenvalue weighted by atomic mass is 9.44. The maximum Gasteiger partial charge on any atom is 0.511 e. The molecule has 0 spiro atoms. The molecule has 17 atom stereocenters. The largest absolute Gasteiger partial charge is 0.511 e. The Bertz CT molecular complexity index is 2060. The minimum absolute atomic E-state index is 0.0194. The van der Waals surface area contributed by atoms with E-state index in [1.54, 1.807) is 39.0 Å². The van der Waals surface area contributed by atoms with Crippen LogP contribution in [0, 0.1) is 63.1 Å². The van der Waals surface area contributed by atoms with Crippen molar-refractivity contribution < 1.29 is 72.8 Å². The number of aliphatic hydroxyl groups excluding tert-OH is 4. The van der Waals surface area contributed by atoms with Crippen LogP contribution in [0.15, 0.2) is 47.6 Å². The third-order valence-corrected chi connectivity index (χ3v) is 18.5. The van der Waals surface area contributed by atoms with Crippen LogP contribution in [0.4, 0.5) is 9.18 Å². The number of carbonyl (C=O) groups excluding carboxylic acids is 5. The van der Waals surface area contributed by atoms with Crippen molar-refractivity contribution in [2.45, 2.75) is 141 Å². The molecule has 6 saturated carbocycles. The molecule has 17 unspecified atom stereocenters. The Hall–Kier alpha value is -3.76. The SMILES string of the molecule is CC1CC2C3CCC4=CC(=O)C=CC4(C)C3(F)C(O)CC2(C)C1(O)C(O)COC(=O)OCOC(=O)CCC(=O)OCC(O)C1CCC2C3CCC4=CC(=O)C=CC4(C)C3C(O)CC12C. The van der Waals surface area contributed by atoms with Crippen molar-refractivity contribution in [3.63, 3.8) is 0 Å². The standard InChI is InChI=1S/C49H65FO14/c1-26-18-35-33-9-7-28-20-30(52)15-17-46(28,4)48(33,50)38(55)22-47(35,5)49(26,60)39(56)24-62-43(59)64-25-63-41(58)13-12-40(57)61-23-37(54)34-11-10-32-31-8-6-27-19-29(51)14-16-44(27,2)42(31)36(53)21-45(32,34)3/h14-17,19-20,26,31-39,42,53-56,60H,6-13,18,21-25H2,1-5H3. The number of rotatable bonds is 11. The molecule has 0 saturated heterocycles. The van der Waals surface area contributed by atoms with Gasteiger partial charge in [0.15, 0.2) is 17.2 Å². The van der Waals surface area contributed by atoms with Crippen molar-refractivity contribution >= 4 is 29.7 Å². The zero-order valence-electron chi connectivity index (χ0n) is 37.5. The maximum absolute atomic E-state index is 17.5. The normalized spacial score (nSPS) is 45.0. The summed E-state index contributed by atoms with van der Waals surface area (Å²) in [7, 11) is 0. The molecule has 8 aliphatic carbocycles. The Kier molecular flexibility index (Phi) is 12.1. The molecule has 8 aliphatic rings. The number of esters is 2. The minimum Gasteiger partial charge on any atom is -0.463 e. The summed E-state index contributed by atoms with van der Waals surface area (Å²) < 4.78 is 37.7. The van der Waals surface area contributed by atoms with Gasteiger partial charge in [0.2, 0.25) is 6.79 Å². The minimum atomic E-state index is -2.12. The summed E-state index contributed by atoms with van der Waals surface area (Å²) in [4.78, 5) is 61.8. The number of ether oxygens (including phenoxy) is 4. The first-order chi connectivity index (χ1) is 30.0. The number of ketones is 2. The summed E-state index contributed by atoms with van der Waals surface area (Å²) in [5, 5.41) is 58.1. The van der Waals surface area contributed by atoms with E-state index in [4.69, 9.17) is 18.9 Å². The van der Waals surface area contributed by atoms with Crippen LogP contribution < -0.4 is 0 Å². The average Bonchev–Trinajstić information content (AvgIpc) is 3.68. The van der Waals surface area contributed by atoms with Gasteiger partial charge in [-0.15, -0.1) is 0 Å². The van der Waals surface area contributed by atoms with Crippen LogP contribution in [0.1, 0.15) is 105 Å². The predicted octanol–water partition coefficient (Wildman–Crippen LogP) is 4.93. The molecule has 0 amide bonds. The zero-order chi connectivity index (χ0) is 46.4. The van der Waals surface area contributed by atoms with Crippen LogP contribution in [0.3, 0.4) is 0 Å². The third-order valence-electron chi connectivity index (χ3n) is 18.5. The molecule has 0 aromatic heterocycles. The number of aliphatic hydroxyl groups is 5. The molecule has 0 radical (unpaired) electrons. The quantitative estimate of drug-likeness (QED) is 0.106. The fourth-order valence-corrected chi connectivity index (χ4v) is 15.4. The van der Waals surface area contributed by atoms with Crippen molar-refractivity contribution in [2.75, 3.05) is 20.0 Å². The molecule has 0 heterocycles. The lowest BCUT2D eigenvalue weighted by molar-refractivity contribution is -0.243. The Morgan fingerprint density at radius 2 is 1.45 bits per heavy atom. The molecule has 5 N–H and O–H groups in total. The van der Waals surface area contributed by atoms with Gasteiger partial charge in [0, 0.05) is 28.1 Å². The van der Waals surface area contributed by atoms with Gasteiger partial charge >= 0.3 is 18.1 Å². The first-order valence-electron chi connectivity index (χ1n) is 23.2. The fraction of sp³-hybridized carbons (Fsp3) is 0.735. The van der Waals surface area contributed by atoms with Crippen LogP contribution in [-0.2, 0) is 38.1 Å². The van der Waals surface area contributed by atoms with Crippen molar-refractivity contribution in [1.29, 1.82) is 0 Å². The van der Waals surface area contributed by atoms with Gasteiger partial charge in [-0.2, -0.15) is 0 Å². The molecule has 0 aromatic carbocycles. The van der Waals surface area contributed by atoms with Crippen molar-refractivity contribution in [3.05, 3.63) is 47.6 Å². The highest BCUT2D eigenvalue weighted by molar-refractivity contribution is 6.01. The summed E-state index contributed by atoms with van der Waals surface area (Å²) in [6.07, 6.45) is 7.45. The summed E-state index contributed by atoms with van der Waals surface area (Å²) in [5.41, 5.74) is -5.45. The predicted molar refractivity (Wildman–Crippen MR) is 225 cm³/mol. The Balaban J connectivity index is 0.764. The van der Waals surface area contributed by atoms with Crippen LogP contribution >= 0.6 is 0 Å². The molecule has 8 rings (SSSR count). The molecule has 64 heavy (non-hydrogen) atoms. The summed E-state index contributed by atoms with van der Waals surface area (Å²) >= 11 is 0. The lowest BCUT2D eigenvalue weighted by Crippen LogP contribution is -2.70. The fourth-order valence-electron chi connectivity index (χ4n) is 15.4. The molecule has 14 nitrogen and oxygen atoms in total. The molecular formula is C49H65FO14. The van der Waals surface area contributed by atoms with Crippen LogP contribution in [0.25, 0.3) is 0 Å². The smallest absolute Gasteiger partial charge is 0.463 e. The molecule has 0 aromatic rings. The van der Waals surface area contributed by atoms with Crippen molar-refractivity contribution in [2.24, 2.45) is 63.1 Å². The van der Waals surface area contributed by atoms with Gasteiger partial charge in [-0.1, -0.05) is 51.0 Å². The second-order valence-electron chi connectivity index (χ2n) is 21.3. The summed E-state index contributed by atoms with van der Waals surface area (Å²) in [5.74, 6) is -3.34. The Labute approximate surface area is 373 Å². The molecular weight excluding hydrogens is 832 g/mol. The van der Waals surface area contributed by atoms with E-state index >= 15 is 4.39 Å². The van der Waals surface area contributed by atoms with Gasteiger partial charge in [-0.3, -0.25) is 19.2 Å². The molecule has 352 valence electrons. The van der Waals surface area contributed by atoms with E-state index in [0.29, 0.717) is 37.7 Å². The highest BCUT2D eigenvalue weighted by atomic mass is 19.1. The van der Waals surface area contributed by atoms with Crippen LogP contribution in [0.2, 0.25) is 0 Å². The third kappa shape index (κ3) is 7.07. The number of hydrogen-bond donors (Lipinski definition) is 5. The van der Waals surface area contributed by atoms with E-state index < -0.39 is 108 Å². The summed E-state index contributed by atoms with van der Waals surface area (Å²) in [6, 6.07) is 0. The number of hydrogen-bond acceptors (Lipinski definition) is 14. The van der Waals surface area contributed by atoms with Gasteiger partial charge in [0.1, 0.15) is 24.9 Å². The van der Waals surface area contributed by atoms with Gasteiger partial charge in [-0.05, 0) is 124 Å². The van der Waals surface area contributed by atoms with E-state index in [1.807, 2.05) is 6.08 Å². The maximum atomic E-state index is 17.5. The average molecular weight is 897 g/mol. The highest BCUT2D eigenvalue weighted by Gasteiger charge is 2.75. The van der Waals surface area contributed by atoms with E-state index in [2.05, 4.69) is 13.8 Å². The second-order valence-corrected chi connectivity index (χ2v) is 21.3. The van der Waals surface area contributed by atoms with E-state index in [-0.39, 0.29) is 60.1 Å². The van der Waals surface area contributed by atoms with Gasteiger partial charge in [-0.25, -0.2) is 9.18 Å². The highest BCUT2D eigenvalue weighted by Crippen LogP contribution is 2.71. The topological polar surface area (TPSA) is 223 Å². The van der Waals surface area contributed by atoms with Crippen LogP contribution in [-0.4, -0.2) is 111 Å².